The largest absolute Gasteiger partial charge is 0.370 e. The average molecular weight is 291 g/mol. The first-order valence-corrected chi connectivity index (χ1v) is 8.33. The van der Waals surface area contributed by atoms with Gasteiger partial charge in [0.1, 0.15) is 0 Å². The maximum absolute atomic E-state index is 3.59. The van der Waals surface area contributed by atoms with Gasteiger partial charge in [0.2, 0.25) is 0 Å². The van der Waals surface area contributed by atoms with Crippen LogP contribution in [0.3, 0.4) is 0 Å². The second kappa shape index (κ2) is 4.75. The molecule has 0 amide bonds. The van der Waals surface area contributed by atoms with Crippen LogP contribution in [0.25, 0.3) is 0 Å². The molecular weight excluding hydrogens is 270 g/mol. The Morgan fingerprint density at radius 3 is 2.86 bits per heavy atom. The van der Waals surface area contributed by atoms with E-state index in [4.69, 9.17) is 0 Å². The molecule has 1 saturated heterocycles. The summed E-state index contributed by atoms with van der Waals surface area (Å²) < 4.78 is 0. The summed E-state index contributed by atoms with van der Waals surface area (Å²) >= 11 is 0. The Bertz CT molecular complexity index is 710. The molecule has 2 atom stereocenters. The van der Waals surface area contributed by atoms with Crippen LogP contribution in [0.15, 0.2) is 42.5 Å². The molecule has 2 N–H and O–H groups in total. The van der Waals surface area contributed by atoms with Crippen LogP contribution >= 0.6 is 0 Å². The molecule has 0 saturated carbocycles. The van der Waals surface area contributed by atoms with Crippen LogP contribution in [0, 0.1) is 5.92 Å². The highest BCUT2D eigenvalue weighted by molar-refractivity contribution is 5.74. The zero-order valence-corrected chi connectivity index (χ0v) is 12.7. The maximum Gasteiger partial charge on any atom is 0.0437 e. The van der Waals surface area contributed by atoms with E-state index < -0.39 is 0 Å². The van der Waals surface area contributed by atoms with Gasteiger partial charge in [-0.25, -0.2) is 0 Å². The fraction of sp³-hybridized carbons (Fsp3) is 0.368. The van der Waals surface area contributed by atoms with E-state index in [1.807, 2.05) is 0 Å². The summed E-state index contributed by atoms with van der Waals surface area (Å²) in [6.07, 6.45) is 1.19. The third-order valence-electron chi connectivity index (χ3n) is 5.44. The van der Waals surface area contributed by atoms with Crippen LogP contribution in [-0.2, 0) is 6.42 Å². The molecule has 2 aromatic carbocycles. The molecule has 3 heteroatoms. The number of fused-ring (bicyclic) bond motifs is 2. The Hall–Kier alpha value is -2.00. The molecule has 0 radical (unpaired) electrons. The molecule has 0 unspecified atom stereocenters. The number of nitrogens with one attached hydrogen (secondary N) is 2. The summed E-state index contributed by atoms with van der Waals surface area (Å²) in [5.74, 6) is 1.48. The Morgan fingerprint density at radius 1 is 1.05 bits per heavy atom. The zero-order chi connectivity index (χ0) is 14.5. The lowest BCUT2D eigenvalue weighted by Gasteiger charge is -2.35. The molecule has 3 heterocycles. The van der Waals surface area contributed by atoms with E-state index in [2.05, 4.69) is 58.0 Å². The van der Waals surface area contributed by atoms with Gasteiger partial charge in [-0.1, -0.05) is 18.2 Å². The van der Waals surface area contributed by atoms with Crippen molar-refractivity contribution in [2.24, 2.45) is 5.92 Å². The van der Waals surface area contributed by atoms with Crippen LogP contribution < -0.4 is 15.5 Å². The smallest absolute Gasteiger partial charge is 0.0437 e. The van der Waals surface area contributed by atoms with E-state index in [1.165, 1.54) is 43.0 Å². The third kappa shape index (κ3) is 1.85. The molecule has 3 aliphatic heterocycles. The van der Waals surface area contributed by atoms with E-state index >= 15 is 0 Å². The first kappa shape index (κ1) is 12.5. The number of anilines is 3. The minimum atomic E-state index is 0.695. The molecule has 1 fully saturated rings. The summed E-state index contributed by atoms with van der Waals surface area (Å²) in [5.41, 5.74) is 7.05. The molecule has 0 aromatic heterocycles. The van der Waals surface area contributed by atoms with Gasteiger partial charge >= 0.3 is 0 Å². The van der Waals surface area contributed by atoms with Gasteiger partial charge in [0.25, 0.3) is 0 Å². The van der Waals surface area contributed by atoms with Crippen molar-refractivity contribution in [2.45, 2.75) is 12.3 Å². The summed E-state index contributed by atoms with van der Waals surface area (Å²) in [4.78, 5) is 2.62. The van der Waals surface area contributed by atoms with Crippen molar-refractivity contribution in [2.75, 3.05) is 36.4 Å². The Balaban J connectivity index is 1.58. The molecule has 0 spiro atoms. The Morgan fingerprint density at radius 2 is 1.95 bits per heavy atom. The van der Waals surface area contributed by atoms with E-state index in [-0.39, 0.29) is 0 Å². The molecule has 112 valence electrons. The van der Waals surface area contributed by atoms with Crippen LogP contribution in [-0.4, -0.2) is 26.2 Å². The molecule has 3 nitrogen and oxygen atoms in total. The van der Waals surface area contributed by atoms with Crippen molar-refractivity contribution in [1.29, 1.82) is 0 Å². The van der Waals surface area contributed by atoms with Crippen LogP contribution in [0.5, 0.6) is 0 Å². The van der Waals surface area contributed by atoms with E-state index in [9.17, 15) is 0 Å². The minimum Gasteiger partial charge on any atom is -0.370 e. The Labute approximate surface area is 131 Å². The van der Waals surface area contributed by atoms with Crippen LogP contribution in [0.1, 0.15) is 17.0 Å². The summed E-state index contributed by atoms with van der Waals surface area (Å²) in [5, 5.41) is 7.18. The first-order valence-electron chi connectivity index (χ1n) is 8.33. The second-order valence-corrected chi connectivity index (χ2v) is 6.79. The maximum atomic E-state index is 3.59. The minimum absolute atomic E-state index is 0.695. The monoisotopic (exact) mass is 291 g/mol. The molecule has 2 aromatic rings. The van der Waals surface area contributed by atoms with Crippen molar-refractivity contribution in [1.82, 2.24) is 5.32 Å². The highest BCUT2D eigenvalue weighted by Gasteiger charge is 2.39. The van der Waals surface area contributed by atoms with Crippen LogP contribution in [0.4, 0.5) is 17.1 Å². The number of hydrogen-bond donors (Lipinski definition) is 2. The normalized spacial score (nSPS) is 25.0. The highest BCUT2D eigenvalue weighted by atomic mass is 15.2. The van der Waals surface area contributed by atoms with Crippen molar-refractivity contribution in [3.8, 4) is 0 Å². The summed E-state index contributed by atoms with van der Waals surface area (Å²) in [7, 11) is 0. The quantitative estimate of drug-likeness (QED) is 0.890. The Kier molecular flexibility index (Phi) is 2.71. The van der Waals surface area contributed by atoms with Crippen molar-refractivity contribution in [3.05, 3.63) is 53.6 Å². The van der Waals surface area contributed by atoms with Gasteiger partial charge in [-0.3, -0.25) is 0 Å². The van der Waals surface area contributed by atoms with E-state index in [0.29, 0.717) is 5.92 Å². The summed E-state index contributed by atoms with van der Waals surface area (Å²) in [6, 6.07) is 15.2. The van der Waals surface area contributed by atoms with E-state index in [0.717, 1.165) is 12.5 Å². The fourth-order valence-corrected chi connectivity index (χ4v) is 4.46. The van der Waals surface area contributed by atoms with Gasteiger partial charge in [-0.05, 0) is 47.7 Å². The van der Waals surface area contributed by atoms with Gasteiger partial charge in [-0.15, -0.1) is 0 Å². The molecule has 5 rings (SSSR count). The van der Waals surface area contributed by atoms with Gasteiger partial charge in [0.05, 0.1) is 0 Å². The number of hydrogen-bond acceptors (Lipinski definition) is 3. The predicted octanol–water partition coefficient (Wildman–Crippen LogP) is 3.11. The van der Waals surface area contributed by atoms with Gasteiger partial charge in [0.15, 0.2) is 0 Å². The molecule has 22 heavy (non-hydrogen) atoms. The lowest BCUT2D eigenvalue weighted by atomic mass is 9.83. The lowest BCUT2D eigenvalue weighted by Crippen LogP contribution is -2.35. The second-order valence-electron chi connectivity index (χ2n) is 6.79. The molecular formula is C19H21N3. The standard InChI is InChI=1S/C19H21N3/c1-2-4-15(5-3-1)21-16-8-13-6-7-22-12-14-10-20-11-18(14)17(9-16)19(13)22/h1-5,8-9,14,18,20-21H,6-7,10-12H2/t14-,18-/m0/s1. The van der Waals surface area contributed by atoms with Gasteiger partial charge < -0.3 is 15.5 Å². The lowest BCUT2D eigenvalue weighted by molar-refractivity contribution is 0.491. The molecule has 0 aliphatic carbocycles. The number of nitrogens with zero attached hydrogens (tertiary/aromatic N) is 1. The number of para-hydroxylation sites is 1. The zero-order valence-electron chi connectivity index (χ0n) is 12.7. The molecule has 0 bridgehead atoms. The van der Waals surface area contributed by atoms with E-state index in [1.54, 1.807) is 11.3 Å². The van der Waals surface area contributed by atoms with Gasteiger partial charge in [-0.2, -0.15) is 0 Å². The topological polar surface area (TPSA) is 27.3 Å². The number of benzene rings is 2. The summed E-state index contributed by atoms with van der Waals surface area (Å²) in [6.45, 7) is 4.75. The third-order valence-corrected chi connectivity index (χ3v) is 5.44. The van der Waals surface area contributed by atoms with Crippen molar-refractivity contribution in [3.63, 3.8) is 0 Å². The molecule has 3 aliphatic rings. The SMILES string of the molecule is c1ccc(Nc2cc3c4c(c2)[C@H]2CNC[C@H]2CN4CC3)cc1. The first-order chi connectivity index (χ1) is 10.9. The fourth-order valence-electron chi connectivity index (χ4n) is 4.46. The average Bonchev–Trinajstić information content (AvgIpc) is 3.17. The van der Waals surface area contributed by atoms with Crippen molar-refractivity contribution < 1.29 is 0 Å². The predicted molar refractivity (Wildman–Crippen MR) is 91.2 cm³/mol. The van der Waals surface area contributed by atoms with Crippen LogP contribution in [0.2, 0.25) is 0 Å². The van der Waals surface area contributed by atoms with Gasteiger partial charge in [0, 0.05) is 49.2 Å². The highest BCUT2D eigenvalue weighted by Crippen LogP contribution is 2.46. The number of rotatable bonds is 2. The van der Waals surface area contributed by atoms with Crippen molar-refractivity contribution >= 4 is 17.1 Å².